The van der Waals surface area contributed by atoms with Crippen LogP contribution in [-0.2, 0) is 4.79 Å². The number of nitrogens with one attached hydrogen (secondary N) is 2. The normalized spacial score (nSPS) is 19.5. The average molecular weight is 399 g/mol. The fourth-order valence-corrected chi connectivity index (χ4v) is 3.51. The number of benzene rings is 2. The van der Waals surface area contributed by atoms with E-state index in [9.17, 15) is 4.79 Å². The van der Waals surface area contributed by atoms with Crippen LogP contribution in [0.3, 0.4) is 0 Å². The van der Waals surface area contributed by atoms with E-state index < -0.39 is 0 Å². The van der Waals surface area contributed by atoms with Gasteiger partial charge >= 0.3 is 0 Å². The Labute approximate surface area is 171 Å². The molecule has 0 aromatic heterocycles. The minimum absolute atomic E-state index is 0.0318. The fourth-order valence-electron chi connectivity index (χ4n) is 3.38. The molecule has 0 spiro atoms. The summed E-state index contributed by atoms with van der Waals surface area (Å²) in [5.74, 6) is 0.577. The molecule has 1 fully saturated rings. The fraction of sp³-hybridized carbons (Fsp3) is 0.348. The highest BCUT2D eigenvalue weighted by molar-refractivity contribution is 6.30. The van der Waals surface area contributed by atoms with E-state index in [0.29, 0.717) is 16.8 Å². The van der Waals surface area contributed by atoms with Crippen LogP contribution in [0, 0.1) is 0 Å². The Bertz CT molecular complexity index is 754. The Balaban J connectivity index is 1.29. The molecule has 28 heavy (non-hydrogen) atoms. The third-order valence-electron chi connectivity index (χ3n) is 4.91. The molecule has 0 bridgehead atoms. The Morgan fingerprint density at radius 1 is 1.00 bits per heavy atom. The minimum Gasteiger partial charge on any atom is -0.484 e. The van der Waals surface area contributed by atoms with Crippen LogP contribution in [0.25, 0.3) is 6.08 Å². The zero-order chi connectivity index (χ0) is 19.6. The van der Waals surface area contributed by atoms with Gasteiger partial charge in [0.15, 0.2) is 6.61 Å². The lowest BCUT2D eigenvalue weighted by Gasteiger charge is -2.29. The van der Waals surface area contributed by atoms with Crippen LogP contribution >= 0.6 is 11.6 Å². The van der Waals surface area contributed by atoms with Gasteiger partial charge in [0.2, 0.25) is 0 Å². The van der Waals surface area contributed by atoms with Crippen LogP contribution in [0.2, 0.25) is 5.02 Å². The van der Waals surface area contributed by atoms with Gasteiger partial charge in [0.1, 0.15) is 5.75 Å². The van der Waals surface area contributed by atoms with E-state index in [1.807, 2.05) is 18.2 Å². The molecule has 2 aromatic rings. The van der Waals surface area contributed by atoms with Gasteiger partial charge in [-0.2, -0.15) is 0 Å². The molecular weight excluding hydrogens is 372 g/mol. The van der Waals surface area contributed by atoms with Gasteiger partial charge in [-0.05, 0) is 55.5 Å². The summed E-state index contributed by atoms with van der Waals surface area (Å²) in [5, 5.41) is 7.31. The summed E-state index contributed by atoms with van der Waals surface area (Å²) in [6.45, 7) is 0.898. The molecule has 3 rings (SSSR count). The highest BCUT2D eigenvalue weighted by atomic mass is 35.5. The molecular formula is C23H27ClN2O2. The molecule has 1 amide bonds. The van der Waals surface area contributed by atoms with Gasteiger partial charge in [0, 0.05) is 23.7 Å². The number of halogens is 1. The first-order chi connectivity index (χ1) is 13.7. The van der Waals surface area contributed by atoms with E-state index in [0.717, 1.165) is 32.2 Å². The molecule has 0 atom stereocenters. The number of hydrogen-bond acceptors (Lipinski definition) is 3. The molecule has 0 unspecified atom stereocenters. The Morgan fingerprint density at radius 3 is 2.39 bits per heavy atom. The lowest BCUT2D eigenvalue weighted by Crippen LogP contribution is -2.43. The lowest BCUT2D eigenvalue weighted by atomic mass is 9.91. The number of carbonyl (C=O) groups excluding carboxylic acids is 1. The average Bonchev–Trinajstić information content (AvgIpc) is 2.73. The first kappa shape index (κ1) is 20.4. The van der Waals surface area contributed by atoms with E-state index in [1.54, 1.807) is 24.3 Å². The van der Waals surface area contributed by atoms with Crippen molar-refractivity contribution in [3.63, 3.8) is 0 Å². The number of rotatable bonds is 8. The van der Waals surface area contributed by atoms with E-state index in [-0.39, 0.29) is 18.6 Å². The Hall–Kier alpha value is -2.30. The third kappa shape index (κ3) is 7.02. The molecule has 4 nitrogen and oxygen atoms in total. The van der Waals surface area contributed by atoms with E-state index in [1.165, 1.54) is 5.56 Å². The lowest BCUT2D eigenvalue weighted by molar-refractivity contribution is -0.124. The monoisotopic (exact) mass is 398 g/mol. The zero-order valence-electron chi connectivity index (χ0n) is 15.9. The topological polar surface area (TPSA) is 50.4 Å². The molecule has 1 aliphatic carbocycles. The van der Waals surface area contributed by atoms with Crippen LogP contribution < -0.4 is 15.4 Å². The van der Waals surface area contributed by atoms with Crippen LogP contribution in [0.1, 0.15) is 31.2 Å². The number of ether oxygens (including phenoxy) is 1. The van der Waals surface area contributed by atoms with Gasteiger partial charge in [0.05, 0.1) is 0 Å². The van der Waals surface area contributed by atoms with Crippen LogP contribution in [0.15, 0.2) is 60.7 Å². The van der Waals surface area contributed by atoms with Crippen LogP contribution in [0.4, 0.5) is 0 Å². The Morgan fingerprint density at radius 2 is 1.68 bits per heavy atom. The van der Waals surface area contributed by atoms with E-state index >= 15 is 0 Å². The van der Waals surface area contributed by atoms with E-state index in [4.69, 9.17) is 16.3 Å². The van der Waals surface area contributed by atoms with E-state index in [2.05, 4.69) is 34.9 Å². The summed E-state index contributed by atoms with van der Waals surface area (Å²) in [6.07, 6.45) is 8.43. The summed E-state index contributed by atoms with van der Waals surface area (Å²) < 4.78 is 5.50. The van der Waals surface area contributed by atoms with Crippen molar-refractivity contribution in [3.05, 3.63) is 71.3 Å². The van der Waals surface area contributed by atoms with Crippen LogP contribution in [0.5, 0.6) is 5.75 Å². The second-order valence-electron chi connectivity index (χ2n) is 7.08. The standard InChI is InChI=1S/C23H27ClN2O2/c24-19-8-14-22(15-9-19)28-17-23(27)26-21-12-10-20(11-13-21)25-16-4-7-18-5-2-1-3-6-18/h1-9,14-15,20-21,25H,10-13,16-17H2,(H,26,27)/b7-4+. The molecule has 0 aliphatic heterocycles. The molecule has 0 heterocycles. The maximum Gasteiger partial charge on any atom is 0.258 e. The maximum atomic E-state index is 12.1. The highest BCUT2D eigenvalue weighted by Gasteiger charge is 2.21. The van der Waals surface area contributed by atoms with Gasteiger partial charge in [-0.15, -0.1) is 0 Å². The van der Waals surface area contributed by atoms with Crippen molar-refractivity contribution in [1.82, 2.24) is 10.6 Å². The van der Waals surface area contributed by atoms with Crippen molar-refractivity contribution in [2.75, 3.05) is 13.2 Å². The molecule has 5 heteroatoms. The van der Waals surface area contributed by atoms with Crippen molar-refractivity contribution in [2.45, 2.75) is 37.8 Å². The van der Waals surface area contributed by atoms with Gasteiger partial charge < -0.3 is 15.4 Å². The maximum absolute atomic E-state index is 12.1. The molecule has 2 aromatic carbocycles. The summed E-state index contributed by atoms with van der Waals surface area (Å²) in [6, 6.07) is 18.1. The third-order valence-corrected chi connectivity index (χ3v) is 5.16. The molecule has 1 saturated carbocycles. The van der Waals surface area contributed by atoms with Crippen molar-refractivity contribution in [1.29, 1.82) is 0 Å². The molecule has 0 radical (unpaired) electrons. The largest absolute Gasteiger partial charge is 0.484 e. The second kappa shape index (κ2) is 10.9. The molecule has 2 N–H and O–H groups in total. The van der Waals surface area contributed by atoms with Gasteiger partial charge in [-0.1, -0.05) is 54.1 Å². The number of hydrogen-bond donors (Lipinski definition) is 2. The van der Waals surface area contributed by atoms with Crippen molar-refractivity contribution in [3.8, 4) is 5.75 Å². The van der Waals surface area contributed by atoms with Gasteiger partial charge in [0.25, 0.3) is 5.91 Å². The van der Waals surface area contributed by atoms with Gasteiger partial charge in [-0.3, -0.25) is 4.79 Å². The molecule has 0 saturated heterocycles. The number of amides is 1. The summed E-state index contributed by atoms with van der Waals surface area (Å²) in [5.41, 5.74) is 1.22. The minimum atomic E-state index is -0.0721. The van der Waals surface area contributed by atoms with Crippen molar-refractivity contribution in [2.24, 2.45) is 0 Å². The zero-order valence-corrected chi connectivity index (χ0v) is 16.7. The van der Waals surface area contributed by atoms with Crippen LogP contribution in [-0.4, -0.2) is 31.1 Å². The van der Waals surface area contributed by atoms with Crippen molar-refractivity contribution < 1.29 is 9.53 Å². The summed E-state index contributed by atoms with van der Waals surface area (Å²) in [7, 11) is 0. The summed E-state index contributed by atoms with van der Waals surface area (Å²) >= 11 is 5.84. The first-order valence-electron chi connectivity index (χ1n) is 9.82. The predicted molar refractivity (Wildman–Crippen MR) is 115 cm³/mol. The first-order valence-corrected chi connectivity index (χ1v) is 10.2. The van der Waals surface area contributed by atoms with Crippen molar-refractivity contribution >= 4 is 23.6 Å². The molecule has 148 valence electrons. The smallest absolute Gasteiger partial charge is 0.258 e. The highest BCUT2D eigenvalue weighted by Crippen LogP contribution is 2.19. The Kier molecular flexibility index (Phi) is 7.94. The second-order valence-corrected chi connectivity index (χ2v) is 7.52. The predicted octanol–water partition coefficient (Wildman–Crippen LogP) is 4.45. The number of carbonyl (C=O) groups is 1. The van der Waals surface area contributed by atoms with Gasteiger partial charge in [-0.25, -0.2) is 0 Å². The quantitative estimate of drug-likeness (QED) is 0.690. The molecule has 1 aliphatic rings. The SMILES string of the molecule is O=C(COc1ccc(Cl)cc1)NC1CCC(NC/C=C/c2ccccc2)CC1. The summed E-state index contributed by atoms with van der Waals surface area (Å²) in [4.78, 5) is 12.1.